The molecule has 0 spiro atoms. The smallest absolute Gasteiger partial charge is 0.337 e. The van der Waals surface area contributed by atoms with Gasteiger partial charge < -0.3 is 9.67 Å². The number of rotatable bonds is 5. The Hall–Kier alpha value is -3.57. The molecule has 7 nitrogen and oxygen atoms in total. The van der Waals surface area contributed by atoms with Crippen molar-refractivity contribution in [2.45, 2.75) is 0 Å². The minimum Gasteiger partial charge on any atom is -0.478 e. The number of carbonyl (C=O) groups is 1. The minimum absolute atomic E-state index is 0.0454. The van der Waals surface area contributed by atoms with E-state index in [0.717, 1.165) is 17.4 Å². The first kappa shape index (κ1) is 18.2. The Balaban J connectivity index is 2.12. The number of aromatic carboxylic acids is 1. The highest BCUT2D eigenvalue weighted by molar-refractivity contribution is 7.92. The van der Waals surface area contributed by atoms with Gasteiger partial charge in [0.15, 0.2) is 0 Å². The van der Waals surface area contributed by atoms with Crippen LogP contribution in [0.2, 0.25) is 0 Å². The van der Waals surface area contributed by atoms with E-state index in [-0.39, 0.29) is 11.3 Å². The van der Waals surface area contributed by atoms with Crippen LogP contribution in [0.1, 0.15) is 15.9 Å². The SMILES string of the molecule is CS(=O)(=O)Nc1cc(-n2cc(C#N)c(-c3ccccc3)c2)ccc1C(=O)O. The van der Waals surface area contributed by atoms with Crippen molar-refractivity contribution in [1.29, 1.82) is 5.26 Å². The van der Waals surface area contributed by atoms with Crippen molar-refractivity contribution in [3.63, 3.8) is 0 Å². The maximum absolute atomic E-state index is 11.6. The van der Waals surface area contributed by atoms with Crippen molar-refractivity contribution in [2.75, 3.05) is 11.0 Å². The van der Waals surface area contributed by atoms with E-state index in [0.29, 0.717) is 11.3 Å². The summed E-state index contributed by atoms with van der Waals surface area (Å²) in [5.41, 5.74) is 2.34. The zero-order chi connectivity index (χ0) is 19.6. The summed E-state index contributed by atoms with van der Waals surface area (Å²) in [6, 6.07) is 15.8. The Bertz CT molecular complexity index is 1160. The first-order valence-corrected chi connectivity index (χ1v) is 9.70. The summed E-state index contributed by atoms with van der Waals surface area (Å²) in [5.74, 6) is -1.25. The summed E-state index contributed by atoms with van der Waals surface area (Å²) in [4.78, 5) is 11.4. The second-order valence-electron chi connectivity index (χ2n) is 5.88. The van der Waals surface area contributed by atoms with E-state index in [9.17, 15) is 23.6 Å². The number of aromatic nitrogens is 1. The molecule has 0 bridgehead atoms. The van der Waals surface area contributed by atoms with E-state index in [4.69, 9.17) is 0 Å². The molecule has 0 fully saturated rings. The highest BCUT2D eigenvalue weighted by Gasteiger charge is 2.16. The second kappa shape index (κ2) is 6.97. The fraction of sp³-hybridized carbons (Fsp3) is 0.0526. The number of nitriles is 1. The van der Waals surface area contributed by atoms with Gasteiger partial charge >= 0.3 is 5.97 Å². The molecule has 0 saturated carbocycles. The lowest BCUT2D eigenvalue weighted by atomic mass is 10.1. The average molecular weight is 381 g/mol. The van der Waals surface area contributed by atoms with Gasteiger partial charge in [-0.3, -0.25) is 4.72 Å². The summed E-state index contributed by atoms with van der Waals surface area (Å²) in [7, 11) is -3.66. The van der Waals surface area contributed by atoms with E-state index in [2.05, 4.69) is 10.8 Å². The molecule has 0 amide bonds. The molecular weight excluding hydrogens is 366 g/mol. The number of nitrogens with zero attached hydrogens (tertiary/aromatic N) is 2. The van der Waals surface area contributed by atoms with Crippen molar-refractivity contribution in [1.82, 2.24) is 4.57 Å². The second-order valence-corrected chi connectivity index (χ2v) is 7.63. The molecule has 3 rings (SSSR count). The normalized spacial score (nSPS) is 11.0. The van der Waals surface area contributed by atoms with Crippen LogP contribution in [0.3, 0.4) is 0 Å². The number of hydrogen-bond donors (Lipinski definition) is 2. The fourth-order valence-electron chi connectivity index (χ4n) is 2.70. The number of benzene rings is 2. The van der Waals surface area contributed by atoms with E-state index in [1.807, 2.05) is 30.3 Å². The van der Waals surface area contributed by atoms with E-state index in [1.165, 1.54) is 12.1 Å². The van der Waals surface area contributed by atoms with Gasteiger partial charge in [0.05, 0.1) is 23.1 Å². The summed E-state index contributed by atoms with van der Waals surface area (Å²) in [5, 5.41) is 18.7. The van der Waals surface area contributed by atoms with Crippen LogP contribution in [0, 0.1) is 11.3 Å². The largest absolute Gasteiger partial charge is 0.478 e. The molecule has 27 heavy (non-hydrogen) atoms. The fourth-order valence-corrected chi connectivity index (χ4v) is 3.27. The van der Waals surface area contributed by atoms with Gasteiger partial charge in [-0.05, 0) is 23.8 Å². The topological polar surface area (TPSA) is 112 Å². The first-order valence-electron chi connectivity index (χ1n) is 7.81. The van der Waals surface area contributed by atoms with E-state index in [1.54, 1.807) is 23.0 Å². The van der Waals surface area contributed by atoms with Crippen LogP contribution in [0.5, 0.6) is 0 Å². The van der Waals surface area contributed by atoms with E-state index < -0.39 is 16.0 Å². The maximum atomic E-state index is 11.6. The highest BCUT2D eigenvalue weighted by Crippen LogP contribution is 2.28. The maximum Gasteiger partial charge on any atom is 0.337 e. The summed E-state index contributed by atoms with van der Waals surface area (Å²) >= 11 is 0. The molecule has 0 aliphatic carbocycles. The summed E-state index contributed by atoms with van der Waals surface area (Å²) in [6.45, 7) is 0. The van der Waals surface area contributed by atoms with Crippen molar-refractivity contribution < 1.29 is 18.3 Å². The number of nitrogens with one attached hydrogen (secondary N) is 1. The van der Waals surface area contributed by atoms with Crippen molar-refractivity contribution in [3.05, 3.63) is 72.1 Å². The quantitative estimate of drug-likeness (QED) is 0.705. The minimum atomic E-state index is -3.66. The number of hydrogen-bond acceptors (Lipinski definition) is 4. The molecule has 1 aromatic heterocycles. The van der Waals surface area contributed by atoms with Gasteiger partial charge in [-0.2, -0.15) is 5.26 Å². The Morgan fingerprint density at radius 1 is 1.15 bits per heavy atom. The van der Waals surface area contributed by atoms with Gasteiger partial charge in [-0.15, -0.1) is 0 Å². The molecule has 2 aromatic carbocycles. The Kier molecular flexibility index (Phi) is 4.71. The van der Waals surface area contributed by atoms with E-state index >= 15 is 0 Å². The van der Waals surface area contributed by atoms with Gasteiger partial charge in [0.25, 0.3) is 0 Å². The third-order valence-corrected chi connectivity index (χ3v) is 4.45. The Morgan fingerprint density at radius 3 is 2.44 bits per heavy atom. The van der Waals surface area contributed by atoms with Gasteiger partial charge in [0, 0.05) is 23.6 Å². The zero-order valence-corrected chi connectivity index (χ0v) is 15.1. The highest BCUT2D eigenvalue weighted by atomic mass is 32.2. The molecule has 0 unspecified atom stereocenters. The average Bonchev–Trinajstić information content (AvgIpc) is 3.05. The number of anilines is 1. The van der Waals surface area contributed by atoms with Crippen molar-refractivity contribution >= 4 is 21.7 Å². The van der Waals surface area contributed by atoms with Gasteiger partial charge in [0.2, 0.25) is 10.0 Å². The van der Waals surface area contributed by atoms with Crippen molar-refractivity contribution in [3.8, 4) is 22.9 Å². The zero-order valence-electron chi connectivity index (χ0n) is 14.2. The summed E-state index contributed by atoms with van der Waals surface area (Å²) < 4.78 is 27.0. The molecule has 0 aliphatic rings. The van der Waals surface area contributed by atoms with Crippen LogP contribution in [0.15, 0.2) is 60.9 Å². The van der Waals surface area contributed by atoms with Crippen LogP contribution < -0.4 is 4.72 Å². The lowest BCUT2D eigenvalue weighted by Crippen LogP contribution is -2.13. The van der Waals surface area contributed by atoms with Gasteiger partial charge in [-0.1, -0.05) is 30.3 Å². The van der Waals surface area contributed by atoms with Crippen LogP contribution in [0.4, 0.5) is 5.69 Å². The molecule has 2 N–H and O–H groups in total. The molecule has 0 radical (unpaired) electrons. The lowest BCUT2D eigenvalue weighted by Gasteiger charge is -2.11. The molecule has 0 saturated heterocycles. The Morgan fingerprint density at radius 2 is 1.85 bits per heavy atom. The van der Waals surface area contributed by atoms with Gasteiger partial charge in [-0.25, -0.2) is 13.2 Å². The standard InChI is InChI=1S/C19H15N3O4S/c1-27(25,26)21-18-9-15(7-8-16(18)19(23)24)22-11-14(10-20)17(12-22)13-5-3-2-4-6-13/h2-9,11-12,21H,1H3,(H,23,24). The van der Waals surface area contributed by atoms with Gasteiger partial charge in [0.1, 0.15) is 6.07 Å². The number of carboxylic acid groups (broad SMARTS) is 1. The monoisotopic (exact) mass is 381 g/mol. The van der Waals surface area contributed by atoms with Crippen LogP contribution in [0.25, 0.3) is 16.8 Å². The molecule has 136 valence electrons. The third-order valence-electron chi connectivity index (χ3n) is 3.86. The number of sulfonamides is 1. The molecule has 0 atom stereocenters. The lowest BCUT2D eigenvalue weighted by molar-refractivity contribution is 0.0698. The molecule has 8 heteroatoms. The predicted octanol–water partition coefficient (Wildman–Crippen LogP) is 3.09. The molecular formula is C19H15N3O4S. The third kappa shape index (κ3) is 3.99. The summed E-state index contributed by atoms with van der Waals surface area (Å²) in [6.07, 6.45) is 4.30. The first-order chi connectivity index (χ1) is 12.8. The van der Waals surface area contributed by atoms with Crippen molar-refractivity contribution in [2.24, 2.45) is 0 Å². The van der Waals surface area contributed by atoms with Crippen LogP contribution in [-0.4, -0.2) is 30.3 Å². The Labute approximate surface area is 156 Å². The predicted molar refractivity (Wildman–Crippen MR) is 101 cm³/mol. The molecule has 0 aliphatic heterocycles. The molecule has 3 aromatic rings. The molecule has 1 heterocycles. The van der Waals surface area contributed by atoms with Crippen LogP contribution in [-0.2, 0) is 10.0 Å². The van der Waals surface area contributed by atoms with Crippen LogP contribution >= 0.6 is 0 Å². The number of carboxylic acids is 1.